The monoisotopic (exact) mass is 342 g/mol. The number of hydrogen-bond acceptors (Lipinski definition) is 2. The van der Waals surface area contributed by atoms with Gasteiger partial charge in [0.25, 0.3) is 5.91 Å². The van der Waals surface area contributed by atoms with Crippen LogP contribution in [0.3, 0.4) is 0 Å². The second-order valence-electron chi connectivity index (χ2n) is 5.14. The third-order valence-corrected chi connectivity index (χ3v) is 4.05. The number of carbonyl (C=O) groups is 1. The maximum Gasteiger partial charge on any atom is 0.254 e. The minimum absolute atomic E-state index is 0.0948. The van der Waals surface area contributed by atoms with Gasteiger partial charge in [0.15, 0.2) is 0 Å². The topological polar surface area (TPSA) is 32.3 Å². The molecule has 0 spiro atoms. The quantitative estimate of drug-likeness (QED) is 0.833. The molecule has 0 aromatic heterocycles. The van der Waals surface area contributed by atoms with Crippen molar-refractivity contribution in [2.75, 3.05) is 26.2 Å². The Morgan fingerprint density at radius 3 is 2.80 bits per heavy atom. The molecule has 1 fully saturated rings. The van der Waals surface area contributed by atoms with Gasteiger partial charge in [0.1, 0.15) is 5.82 Å². The lowest BCUT2D eigenvalue weighted by atomic mass is 10.1. The van der Waals surface area contributed by atoms with E-state index < -0.39 is 5.82 Å². The number of nitrogens with one attached hydrogen (secondary N) is 1. The van der Waals surface area contributed by atoms with Gasteiger partial charge in [-0.05, 0) is 57.1 Å². The largest absolute Gasteiger partial charge is 0.352 e. The van der Waals surface area contributed by atoms with Crippen LogP contribution in [0.2, 0.25) is 0 Å². The van der Waals surface area contributed by atoms with Gasteiger partial charge in [-0.15, -0.1) is 0 Å². The second kappa shape index (κ2) is 7.74. The highest BCUT2D eigenvalue weighted by Gasteiger charge is 2.12. The Morgan fingerprint density at radius 2 is 2.05 bits per heavy atom. The number of halogens is 2. The van der Waals surface area contributed by atoms with E-state index in [4.69, 9.17) is 0 Å². The first-order chi connectivity index (χ1) is 9.66. The van der Waals surface area contributed by atoms with Gasteiger partial charge in [0, 0.05) is 11.0 Å². The summed E-state index contributed by atoms with van der Waals surface area (Å²) in [6.45, 7) is 3.91. The van der Waals surface area contributed by atoms with Crippen LogP contribution in [0.25, 0.3) is 0 Å². The molecule has 1 aromatic carbocycles. The summed E-state index contributed by atoms with van der Waals surface area (Å²) >= 11 is 3.25. The molecule has 0 unspecified atom stereocenters. The molecule has 3 nitrogen and oxygen atoms in total. The Kier molecular flexibility index (Phi) is 5.98. The number of amides is 1. The molecule has 1 heterocycles. The molecule has 2 rings (SSSR count). The van der Waals surface area contributed by atoms with E-state index in [2.05, 4.69) is 26.1 Å². The van der Waals surface area contributed by atoms with Gasteiger partial charge in [-0.3, -0.25) is 4.79 Å². The Morgan fingerprint density at radius 1 is 1.30 bits per heavy atom. The molecule has 1 aliphatic heterocycles. The molecular formula is C15H20BrFN2O. The summed E-state index contributed by atoms with van der Waals surface area (Å²) in [5.41, 5.74) is 0.0948. The Bertz CT molecular complexity index is 461. The van der Waals surface area contributed by atoms with Crippen LogP contribution in [0, 0.1) is 5.82 Å². The fourth-order valence-corrected chi connectivity index (χ4v) is 2.82. The maximum atomic E-state index is 13.5. The fraction of sp³-hybridized carbons (Fsp3) is 0.533. The van der Waals surface area contributed by atoms with E-state index in [1.807, 2.05) is 0 Å². The van der Waals surface area contributed by atoms with Gasteiger partial charge in [-0.2, -0.15) is 0 Å². The van der Waals surface area contributed by atoms with E-state index in [0.717, 1.165) is 26.1 Å². The highest BCUT2D eigenvalue weighted by atomic mass is 79.9. The van der Waals surface area contributed by atoms with Crippen LogP contribution in [0.1, 0.15) is 36.0 Å². The van der Waals surface area contributed by atoms with Gasteiger partial charge < -0.3 is 10.2 Å². The van der Waals surface area contributed by atoms with E-state index in [9.17, 15) is 9.18 Å². The molecule has 0 bridgehead atoms. The zero-order valence-electron chi connectivity index (χ0n) is 11.5. The van der Waals surface area contributed by atoms with Crippen molar-refractivity contribution >= 4 is 21.8 Å². The lowest BCUT2D eigenvalue weighted by Gasteiger charge is -2.26. The number of nitrogens with zero attached hydrogens (tertiary/aromatic N) is 1. The molecular weight excluding hydrogens is 323 g/mol. The summed E-state index contributed by atoms with van der Waals surface area (Å²) in [5.74, 6) is -0.829. The van der Waals surface area contributed by atoms with Crippen molar-refractivity contribution in [3.05, 3.63) is 34.1 Å². The van der Waals surface area contributed by atoms with Gasteiger partial charge >= 0.3 is 0 Å². The molecule has 20 heavy (non-hydrogen) atoms. The first-order valence-electron chi connectivity index (χ1n) is 7.12. The van der Waals surface area contributed by atoms with Gasteiger partial charge in [0.05, 0.1) is 5.56 Å². The van der Waals surface area contributed by atoms with Crippen molar-refractivity contribution in [1.82, 2.24) is 10.2 Å². The van der Waals surface area contributed by atoms with Crippen LogP contribution in [0.4, 0.5) is 4.39 Å². The third kappa shape index (κ3) is 4.56. The summed E-state index contributed by atoms with van der Waals surface area (Å²) in [5, 5.41) is 2.78. The highest BCUT2D eigenvalue weighted by molar-refractivity contribution is 9.10. The number of piperidine rings is 1. The highest BCUT2D eigenvalue weighted by Crippen LogP contribution is 2.15. The predicted octanol–water partition coefficient (Wildman–Crippen LogP) is 3.19. The minimum Gasteiger partial charge on any atom is -0.352 e. The third-order valence-electron chi connectivity index (χ3n) is 3.56. The number of carbonyl (C=O) groups excluding carboxylic acids is 1. The summed E-state index contributed by atoms with van der Waals surface area (Å²) < 4.78 is 14.2. The fourth-order valence-electron chi connectivity index (χ4n) is 2.45. The summed E-state index contributed by atoms with van der Waals surface area (Å²) in [6, 6.07) is 4.39. The molecule has 1 N–H and O–H groups in total. The molecule has 1 amide bonds. The first-order valence-corrected chi connectivity index (χ1v) is 7.92. The van der Waals surface area contributed by atoms with Crippen molar-refractivity contribution in [2.45, 2.75) is 25.7 Å². The molecule has 0 aliphatic carbocycles. The molecule has 0 radical (unpaired) electrons. The summed E-state index contributed by atoms with van der Waals surface area (Å²) in [4.78, 5) is 14.3. The number of rotatable bonds is 5. The zero-order valence-corrected chi connectivity index (χ0v) is 13.1. The van der Waals surface area contributed by atoms with Crippen LogP contribution in [0.5, 0.6) is 0 Å². The van der Waals surface area contributed by atoms with Gasteiger partial charge in [-0.25, -0.2) is 4.39 Å². The van der Waals surface area contributed by atoms with Crippen molar-refractivity contribution < 1.29 is 9.18 Å². The van der Waals surface area contributed by atoms with Crippen molar-refractivity contribution in [3.8, 4) is 0 Å². The lowest BCUT2D eigenvalue weighted by molar-refractivity contribution is 0.0947. The van der Waals surface area contributed by atoms with Crippen LogP contribution < -0.4 is 5.32 Å². The molecule has 5 heteroatoms. The molecule has 0 atom stereocenters. The van der Waals surface area contributed by atoms with Gasteiger partial charge in [0.2, 0.25) is 0 Å². The Labute approximate surface area is 127 Å². The SMILES string of the molecule is O=C(NCCCN1CCCCC1)c1cc(Br)ccc1F. The Balaban J connectivity index is 1.73. The molecule has 1 aromatic rings. The van der Waals surface area contributed by atoms with E-state index in [1.165, 1.54) is 31.4 Å². The van der Waals surface area contributed by atoms with Crippen molar-refractivity contribution in [1.29, 1.82) is 0 Å². The van der Waals surface area contributed by atoms with Crippen molar-refractivity contribution in [3.63, 3.8) is 0 Å². The standard InChI is InChI=1S/C15H20BrFN2O/c16-12-5-6-14(17)13(11-12)15(20)18-7-4-10-19-8-2-1-3-9-19/h5-6,11H,1-4,7-10H2,(H,18,20). The van der Waals surface area contributed by atoms with E-state index in [1.54, 1.807) is 6.07 Å². The average molecular weight is 343 g/mol. The number of benzene rings is 1. The normalized spacial score (nSPS) is 16.1. The van der Waals surface area contributed by atoms with Gasteiger partial charge in [-0.1, -0.05) is 22.4 Å². The molecule has 1 aliphatic rings. The lowest BCUT2D eigenvalue weighted by Crippen LogP contribution is -2.33. The second-order valence-corrected chi connectivity index (χ2v) is 6.05. The molecule has 0 saturated carbocycles. The van der Waals surface area contributed by atoms with Crippen molar-refractivity contribution in [2.24, 2.45) is 0 Å². The zero-order chi connectivity index (χ0) is 14.4. The number of hydrogen-bond donors (Lipinski definition) is 1. The van der Waals surface area contributed by atoms with Crippen LogP contribution in [-0.2, 0) is 0 Å². The summed E-state index contributed by atoms with van der Waals surface area (Å²) in [6.07, 6.45) is 4.78. The summed E-state index contributed by atoms with van der Waals surface area (Å²) in [7, 11) is 0. The minimum atomic E-state index is -0.485. The van der Waals surface area contributed by atoms with Crippen LogP contribution in [-0.4, -0.2) is 37.0 Å². The van der Waals surface area contributed by atoms with E-state index in [-0.39, 0.29) is 11.5 Å². The van der Waals surface area contributed by atoms with Crippen LogP contribution >= 0.6 is 15.9 Å². The number of likely N-dealkylation sites (tertiary alicyclic amines) is 1. The average Bonchev–Trinajstić information content (AvgIpc) is 2.47. The smallest absolute Gasteiger partial charge is 0.254 e. The Hall–Kier alpha value is -0.940. The predicted molar refractivity (Wildman–Crippen MR) is 81.3 cm³/mol. The molecule has 1 saturated heterocycles. The molecule has 110 valence electrons. The van der Waals surface area contributed by atoms with E-state index in [0.29, 0.717) is 11.0 Å². The first kappa shape index (κ1) is 15.4. The maximum absolute atomic E-state index is 13.5. The van der Waals surface area contributed by atoms with E-state index >= 15 is 0 Å². The van der Waals surface area contributed by atoms with Crippen LogP contribution in [0.15, 0.2) is 22.7 Å².